The summed E-state index contributed by atoms with van der Waals surface area (Å²) in [5.74, 6) is -1.95. The Hall–Kier alpha value is -3.76. The van der Waals surface area contributed by atoms with Crippen LogP contribution in [0.25, 0.3) is 5.82 Å². The van der Waals surface area contributed by atoms with Gasteiger partial charge in [0.05, 0.1) is 17.5 Å². The molecule has 0 saturated carbocycles. The molecule has 1 N–H and O–H groups in total. The van der Waals surface area contributed by atoms with E-state index in [1.165, 1.54) is 23.7 Å². The summed E-state index contributed by atoms with van der Waals surface area (Å²) in [4.78, 5) is 27.9. The van der Waals surface area contributed by atoms with Crippen molar-refractivity contribution in [2.45, 2.75) is 20.0 Å². The summed E-state index contributed by atoms with van der Waals surface area (Å²) in [5, 5.41) is 6.34. The fourth-order valence-corrected chi connectivity index (χ4v) is 2.60. The first-order valence-electron chi connectivity index (χ1n) is 8.87. The molecule has 1 aromatic carbocycles. The molecule has 0 bridgehead atoms. The van der Waals surface area contributed by atoms with Crippen LogP contribution in [-0.2, 0) is 15.7 Å². The molecule has 0 radical (unpaired) electrons. The van der Waals surface area contributed by atoms with Crippen LogP contribution in [0.4, 0.5) is 23.2 Å². The van der Waals surface area contributed by atoms with Crippen LogP contribution in [0.15, 0.2) is 42.7 Å². The van der Waals surface area contributed by atoms with Crippen molar-refractivity contribution in [1.82, 2.24) is 14.8 Å². The molecular formula is C20H16F4N4O3. The van der Waals surface area contributed by atoms with E-state index in [-0.39, 0.29) is 22.8 Å². The average Bonchev–Trinajstić information content (AvgIpc) is 3.10. The fraction of sp³-hybridized carbons (Fsp3) is 0.200. The van der Waals surface area contributed by atoms with Crippen molar-refractivity contribution in [3.05, 3.63) is 70.9 Å². The second kappa shape index (κ2) is 8.54. The lowest BCUT2D eigenvalue weighted by Crippen LogP contribution is -2.21. The van der Waals surface area contributed by atoms with Crippen LogP contribution in [0, 0.1) is 19.7 Å². The van der Waals surface area contributed by atoms with E-state index in [4.69, 9.17) is 4.74 Å². The van der Waals surface area contributed by atoms with Gasteiger partial charge in [0.2, 0.25) is 0 Å². The molecule has 0 spiro atoms. The standard InChI is InChI=1S/C20H16F4N4O3/c1-11-3-5-14(7-16(11)21)27-18(29)10-31-19(30)15-9-26-28(12(15)2)17-6-4-13(8-25-17)20(22,23)24/h3-9H,10H2,1-2H3,(H,27,29). The van der Waals surface area contributed by atoms with Gasteiger partial charge in [-0.05, 0) is 43.7 Å². The Morgan fingerprint density at radius 3 is 2.48 bits per heavy atom. The van der Waals surface area contributed by atoms with E-state index in [0.717, 1.165) is 24.4 Å². The minimum absolute atomic E-state index is 0.0101. The van der Waals surface area contributed by atoms with E-state index in [0.29, 0.717) is 11.8 Å². The summed E-state index contributed by atoms with van der Waals surface area (Å²) in [5.41, 5.74) is -0.0182. The molecule has 3 rings (SSSR count). The van der Waals surface area contributed by atoms with Gasteiger partial charge in [-0.2, -0.15) is 18.3 Å². The lowest BCUT2D eigenvalue weighted by molar-refractivity contribution is -0.137. The number of hydrogen-bond acceptors (Lipinski definition) is 5. The number of aromatic nitrogens is 3. The number of nitrogens with one attached hydrogen (secondary N) is 1. The van der Waals surface area contributed by atoms with Crippen molar-refractivity contribution in [3.63, 3.8) is 0 Å². The molecule has 7 nitrogen and oxygen atoms in total. The van der Waals surface area contributed by atoms with Crippen molar-refractivity contribution in [2.75, 3.05) is 11.9 Å². The number of benzene rings is 1. The summed E-state index contributed by atoms with van der Waals surface area (Å²) in [6.45, 7) is 2.45. The smallest absolute Gasteiger partial charge is 0.417 e. The number of esters is 1. The van der Waals surface area contributed by atoms with E-state index >= 15 is 0 Å². The number of hydrogen-bond donors (Lipinski definition) is 1. The minimum Gasteiger partial charge on any atom is -0.452 e. The monoisotopic (exact) mass is 436 g/mol. The summed E-state index contributed by atoms with van der Waals surface area (Å²) in [7, 11) is 0. The largest absolute Gasteiger partial charge is 0.452 e. The number of anilines is 1. The molecule has 2 aromatic heterocycles. The van der Waals surface area contributed by atoms with Gasteiger partial charge < -0.3 is 10.1 Å². The highest BCUT2D eigenvalue weighted by Gasteiger charge is 2.31. The first-order chi connectivity index (χ1) is 14.6. The zero-order valence-corrected chi connectivity index (χ0v) is 16.3. The molecule has 0 saturated heterocycles. The third-order valence-corrected chi connectivity index (χ3v) is 4.31. The SMILES string of the molecule is Cc1ccc(NC(=O)COC(=O)c2cnn(-c3ccc(C(F)(F)F)cn3)c2C)cc1F. The first kappa shape index (κ1) is 21.9. The van der Waals surface area contributed by atoms with Crippen molar-refractivity contribution >= 4 is 17.6 Å². The third kappa shape index (κ3) is 5.05. The number of pyridine rings is 1. The Morgan fingerprint density at radius 2 is 1.87 bits per heavy atom. The number of carbonyl (C=O) groups is 2. The lowest BCUT2D eigenvalue weighted by Gasteiger charge is -2.09. The van der Waals surface area contributed by atoms with E-state index in [1.54, 1.807) is 6.92 Å². The third-order valence-electron chi connectivity index (χ3n) is 4.31. The maximum absolute atomic E-state index is 13.5. The molecule has 162 valence electrons. The Morgan fingerprint density at radius 1 is 1.13 bits per heavy atom. The number of alkyl halides is 3. The summed E-state index contributed by atoms with van der Waals surface area (Å²) in [6.07, 6.45) is -2.71. The molecule has 0 atom stereocenters. The topological polar surface area (TPSA) is 86.1 Å². The van der Waals surface area contributed by atoms with Crippen molar-refractivity contribution in [1.29, 1.82) is 0 Å². The van der Waals surface area contributed by atoms with Gasteiger partial charge in [-0.3, -0.25) is 4.79 Å². The lowest BCUT2D eigenvalue weighted by atomic mass is 10.2. The quantitative estimate of drug-likeness (QED) is 0.485. The molecular weight excluding hydrogens is 420 g/mol. The normalized spacial score (nSPS) is 11.3. The van der Waals surface area contributed by atoms with Crippen LogP contribution in [0.5, 0.6) is 0 Å². The van der Waals surface area contributed by atoms with Gasteiger partial charge in [0.15, 0.2) is 12.4 Å². The number of carbonyl (C=O) groups excluding carboxylic acids is 2. The Labute approximate surface area is 173 Å². The minimum atomic E-state index is -4.52. The molecule has 2 heterocycles. The zero-order chi connectivity index (χ0) is 22.8. The number of rotatable bonds is 5. The maximum atomic E-state index is 13.5. The van der Waals surface area contributed by atoms with Crippen LogP contribution >= 0.6 is 0 Å². The summed E-state index contributed by atoms with van der Waals surface area (Å²) >= 11 is 0. The van der Waals surface area contributed by atoms with Gasteiger partial charge in [-0.25, -0.2) is 18.9 Å². The Balaban J connectivity index is 1.64. The average molecular weight is 436 g/mol. The molecule has 1 amide bonds. The van der Waals surface area contributed by atoms with Crippen LogP contribution < -0.4 is 5.32 Å². The number of nitrogens with zero attached hydrogens (tertiary/aromatic N) is 3. The van der Waals surface area contributed by atoms with Gasteiger partial charge in [0.1, 0.15) is 11.4 Å². The van der Waals surface area contributed by atoms with E-state index in [1.807, 2.05) is 0 Å². The predicted octanol–water partition coefficient (Wildman–Crippen LogP) is 3.84. The molecule has 31 heavy (non-hydrogen) atoms. The molecule has 3 aromatic rings. The highest BCUT2D eigenvalue weighted by atomic mass is 19.4. The van der Waals surface area contributed by atoms with Gasteiger partial charge in [0, 0.05) is 11.9 Å². The van der Waals surface area contributed by atoms with E-state index in [2.05, 4.69) is 15.4 Å². The number of amides is 1. The number of ether oxygens (including phenoxy) is 1. The zero-order valence-electron chi connectivity index (χ0n) is 16.3. The fourth-order valence-electron chi connectivity index (χ4n) is 2.60. The van der Waals surface area contributed by atoms with Gasteiger partial charge in [0.25, 0.3) is 5.91 Å². The van der Waals surface area contributed by atoms with E-state index < -0.39 is 36.0 Å². The predicted molar refractivity (Wildman–Crippen MR) is 101 cm³/mol. The molecule has 0 fully saturated rings. The Kier molecular flexibility index (Phi) is 6.04. The van der Waals surface area contributed by atoms with Gasteiger partial charge in [-0.15, -0.1) is 0 Å². The van der Waals surface area contributed by atoms with E-state index in [9.17, 15) is 27.2 Å². The maximum Gasteiger partial charge on any atom is 0.417 e. The second-order valence-electron chi connectivity index (χ2n) is 6.55. The van der Waals surface area contributed by atoms with Gasteiger partial charge in [-0.1, -0.05) is 6.07 Å². The summed E-state index contributed by atoms with van der Waals surface area (Å²) in [6, 6.07) is 6.10. The van der Waals surface area contributed by atoms with Gasteiger partial charge >= 0.3 is 12.1 Å². The Bertz CT molecular complexity index is 1120. The molecule has 0 aliphatic carbocycles. The molecule has 0 unspecified atom stereocenters. The van der Waals surface area contributed by atoms with Crippen LogP contribution in [0.2, 0.25) is 0 Å². The highest BCUT2D eigenvalue weighted by Crippen LogP contribution is 2.28. The molecule has 11 heteroatoms. The summed E-state index contributed by atoms with van der Waals surface area (Å²) < 4.78 is 57.6. The first-order valence-corrected chi connectivity index (χ1v) is 8.87. The second-order valence-corrected chi connectivity index (χ2v) is 6.55. The van der Waals surface area contributed by atoms with Crippen LogP contribution in [0.3, 0.4) is 0 Å². The molecule has 0 aliphatic rings. The van der Waals surface area contributed by atoms with Crippen molar-refractivity contribution in [3.8, 4) is 5.82 Å². The van der Waals surface area contributed by atoms with Crippen LogP contribution in [0.1, 0.15) is 27.2 Å². The van der Waals surface area contributed by atoms with Crippen molar-refractivity contribution in [2.24, 2.45) is 0 Å². The van der Waals surface area contributed by atoms with Crippen molar-refractivity contribution < 1.29 is 31.9 Å². The number of aryl methyl sites for hydroxylation is 1. The molecule has 0 aliphatic heterocycles. The highest BCUT2D eigenvalue weighted by molar-refractivity contribution is 5.95. The number of halogens is 4. The van der Waals surface area contributed by atoms with Crippen LogP contribution in [-0.4, -0.2) is 33.2 Å².